The van der Waals surface area contributed by atoms with Gasteiger partial charge in [0.2, 0.25) is 0 Å². The van der Waals surface area contributed by atoms with Gasteiger partial charge in [-0.1, -0.05) is 169 Å². The Labute approximate surface area is 312 Å². The van der Waals surface area contributed by atoms with E-state index in [1.54, 1.807) is 0 Å². The van der Waals surface area contributed by atoms with Crippen molar-refractivity contribution >= 4 is 11.9 Å². The summed E-state index contributed by atoms with van der Waals surface area (Å²) < 4.78 is 11.6. The van der Waals surface area contributed by atoms with Crippen LogP contribution in [-0.4, -0.2) is 61.4 Å². The highest BCUT2D eigenvalue weighted by Crippen LogP contribution is 2.22. The summed E-state index contributed by atoms with van der Waals surface area (Å²) in [6.07, 6.45) is 34.7. The molecule has 0 fully saturated rings. The first kappa shape index (κ1) is 48.9. The van der Waals surface area contributed by atoms with Crippen LogP contribution in [0.5, 0.6) is 0 Å². The summed E-state index contributed by atoms with van der Waals surface area (Å²) in [6, 6.07) is 0. The number of hydrogen-bond acceptors (Lipinski definition) is 6. The van der Waals surface area contributed by atoms with Crippen LogP contribution in [0.15, 0.2) is 0 Å². The fraction of sp³-hybridized carbons (Fsp3) is 0.955. The summed E-state index contributed by atoms with van der Waals surface area (Å²) in [5.41, 5.74) is 0. The Morgan fingerprint density at radius 3 is 1.12 bits per heavy atom. The Morgan fingerprint density at radius 1 is 0.420 bits per heavy atom. The normalized spacial score (nSPS) is 12.8. The maximum absolute atomic E-state index is 12.9. The van der Waals surface area contributed by atoms with E-state index < -0.39 is 0 Å². The molecule has 0 aliphatic heterocycles. The van der Waals surface area contributed by atoms with E-state index in [0.717, 1.165) is 103 Å². The molecule has 0 saturated carbocycles. The van der Waals surface area contributed by atoms with E-state index in [0.29, 0.717) is 19.8 Å². The van der Waals surface area contributed by atoms with Crippen molar-refractivity contribution in [3.8, 4) is 0 Å². The first-order valence-corrected chi connectivity index (χ1v) is 22.2. The van der Waals surface area contributed by atoms with Crippen LogP contribution in [0.1, 0.15) is 220 Å². The van der Waals surface area contributed by atoms with Crippen molar-refractivity contribution < 1.29 is 24.2 Å². The number of aliphatic hydroxyl groups is 1. The van der Waals surface area contributed by atoms with Crippen molar-refractivity contribution in [2.24, 2.45) is 11.8 Å². The molecular weight excluding hydrogens is 622 g/mol. The number of carbonyl (C=O) groups is 2. The molecular formula is C44H87NO5. The lowest BCUT2D eigenvalue weighted by Gasteiger charge is -2.21. The molecule has 0 radical (unpaired) electrons. The number of nitrogens with zero attached hydrogens (tertiary/aromatic N) is 1. The number of rotatable bonds is 40. The molecule has 0 saturated heterocycles. The predicted molar refractivity (Wildman–Crippen MR) is 214 cm³/mol. The monoisotopic (exact) mass is 710 g/mol. The van der Waals surface area contributed by atoms with Crippen molar-refractivity contribution in [3.05, 3.63) is 0 Å². The maximum atomic E-state index is 12.9. The lowest BCUT2D eigenvalue weighted by atomic mass is 9.94. The molecule has 50 heavy (non-hydrogen) atoms. The van der Waals surface area contributed by atoms with E-state index in [2.05, 4.69) is 32.6 Å². The largest absolute Gasteiger partial charge is 0.465 e. The Bertz CT molecular complexity index is 717. The minimum Gasteiger partial charge on any atom is -0.465 e. The van der Waals surface area contributed by atoms with Crippen LogP contribution in [0.3, 0.4) is 0 Å². The van der Waals surface area contributed by atoms with Gasteiger partial charge in [-0.2, -0.15) is 0 Å². The molecule has 0 rings (SSSR count). The van der Waals surface area contributed by atoms with Crippen molar-refractivity contribution in [2.75, 3.05) is 39.5 Å². The summed E-state index contributed by atoms with van der Waals surface area (Å²) in [6.45, 7) is 12.8. The summed E-state index contributed by atoms with van der Waals surface area (Å²) in [5, 5.41) is 9.60. The molecule has 0 aromatic rings. The topological polar surface area (TPSA) is 76.1 Å². The third kappa shape index (κ3) is 31.6. The van der Waals surface area contributed by atoms with Crippen LogP contribution < -0.4 is 0 Å². The third-order valence-electron chi connectivity index (χ3n) is 10.4. The molecule has 0 bridgehead atoms. The van der Waals surface area contributed by atoms with Crippen LogP contribution in [0.4, 0.5) is 0 Å². The predicted octanol–water partition coefficient (Wildman–Crippen LogP) is 12.4. The quantitative estimate of drug-likeness (QED) is 0.0504. The third-order valence-corrected chi connectivity index (χ3v) is 10.4. The highest BCUT2D eigenvalue weighted by molar-refractivity contribution is 5.72. The van der Waals surface area contributed by atoms with Crippen molar-refractivity contribution in [3.63, 3.8) is 0 Å². The zero-order valence-electron chi connectivity index (χ0n) is 34.1. The fourth-order valence-electron chi connectivity index (χ4n) is 7.02. The molecule has 2 atom stereocenters. The smallest absolute Gasteiger partial charge is 0.308 e. The molecule has 6 nitrogen and oxygen atoms in total. The fourth-order valence-corrected chi connectivity index (χ4v) is 7.02. The van der Waals surface area contributed by atoms with Crippen LogP contribution in [-0.2, 0) is 19.1 Å². The second kappa shape index (κ2) is 39.1. The van der Waals surface area contributed by atoms with E-state index >= 15 is 0 Å². The van der Waals surface area contributed by atoms with E-state index in [9.17, 15) is 14.7 Å². The maximum Gasteiger partial charge on any atom is 0.308 e. The van der Waals surface area contributed by atoms with Crippen LogP contribution in [0.25, 0.3) is 0 Å². The van der Waals surface area contributed by atoms with Gasteiger partial charge < -0.3 is 19.5 Å². The van der Waals surface area contributed by atoms with Gasteiger partial charge >= 0.3 is 11.9 Å². The van der Waals surface area contributed by atoms with Crippen molar-refractivity contribution in [1.29, 1.82) is 0 Å². The highest BCUT2D eigenvalue weighted by Gasteiger charge is 2.20. The van der Waals surface area contributed by atoms with E-state index in [1.165, 1.54) is 103 Å². The van der Waals surface area contributed by atoms with Gasteiger partial charge in [-0.05, 0) is 64.5 Å². The number of carbonyl (C=O) groups excluding carboxylic acids is 2. The van der Waals surface area contributed by atoms with Gasteiger partial charge in [0, 0.05) is 6.54 Å². The van der Waals surface area contributed by atoms with E-state index in [4.69, 9.17) is 9.47 Å². The highest BCUT2D eigenvalue weighted by atomic mass is 16.5. The molecule has 0 heterocycles. The Morgan fingerprint density at radius 2 is 0.720 bits per heavy atom. The molecule has 6 heteroatoms. The Kier molecular flexibility index (Phi) is 38.2. The molecule has 298 valence electrons. The summed E-state index contributed by atoms with van der Waals surface area (Å²) in [7, 11) is 0. The minimum absolute atomic E-state index is 0.0215. The Balaban J connectivity index is 4.29. The number of unbranched alkanes of at least 4 members (excludes halogenated alkanes) is 20. The first-order valence-electron chi connectivity index (χ1n) is 22.2. The summed E-state index contributed by atoms with van der Waals surface area (Å²) in [4.78, 5) is 28.2. The second-order valence-corrected chi connectivity index (χ2v) is 15.2. The van der Waals surface area contributed by atoms with E-state index in [-0.39, 0.29) is 30.4 Å². The van der Waals surface area contributed by atoms with Gasteiger partial charge in [0.05, 0.1) is 31.7 Å². The van der Waals surface area contributed by atoms with Crippen LogP contribution in [0.2, 0.25) is 0 Å². The molecule has 0 spiro atoms. The molecule has 0 aromatic carbocycles. The number of esters is 2. The average molecular weight is 710 g/mol. The lowest BCUT2D eigenvalue weighted by Crippen LogP contribution is -2.29. The molecule has 0 aliphatic rings. The number of aliphatic hydroxyl groups excluding tert-OH is 1. The van der Waals surface area contributed by atoms with Gasteiger partial charge in [-0.15, -0.1) is 0 Å². The molecule has 0 amide bonds. The van der Waals surface area contributed by atoms with Crippen molar-refractivity contribution in [2.45, 2.75) is 220 Å². The molecule has 0 aliphatic carbocycles. The van der Waals surface area contributed by atoms with Crippen molar-refractivity contribution in [1.82, 2.24) is 4.90 Å². The van der Waals surface area contributed by atoms with Gasteiger partial charge in [0.15, 0.2) is 0 Å². The van der Waals surface area contributed by atoms with Gasteiger partial charge in [-0.25, -0.2) is 0 Å². The van der Waals surface area contributed by atoms with Crippen LogP contribution >= 0.6 is 0 Å². The Hall–Kier alpha value is -1.14. The molecule has 0 aromatic heterocycles. The molecule has 1 N–H and O–H groups in total. The average Bonchev–Trinajstić information content (AvgIpc) is 3.12. The van der Waals surface area contributed by atoms with Gasteiger partial charge in [0.1, 0.15) is 0 Å². The van der Waals surface area contributed by atoms with Gasteiger partial charge in [-0.3, -0.25) is 9.59 Å². The van der Waals surface area contributed by atoms with E-state index in [1.807, 2.05) is 0 Å². The summed E-state index contributed by atoms with van der Waals surface area (Å²) in [5.74, 6) is 0.202. The first-order chi connectivity index (χ1) is 24.5. The zero-order chi connectivity index (χ0) is 36.8. The van der Waals surface area contributed by atoms with Crippen LogP contribution in [0, 0.1) is 11.8 Å². The standard InChI is InChI=1S/C44H87NO5/c1-5-9-13-17-19-25-33-41(31-23-15-11-7-3)43(47)49-39-29-22-21-27-35-45(37-38-46)36-28-30-40-50-44(48)42(32-24-16-12-8-4)34-26-20-18-14-10-6-2/h41-42,46H,5-40H2,1-4H3. The van der Waals surface area contributed by atoms with Gasteiger partial charge in [0.25, 0.3) is 0 Å². The second-order valence-electron chi connectivity index (χ2n) is 15.2. The lowest BCUT2D eigenvalue weighted by molar-refractivity contribution is -0.150. The number of ether oxygens (including phenoxy) is 2. The minimum atomic E-state index is 0.0215. The zero-order valence-corrected chi connectivity index (χ0v) is 34.1. The molecule has 2 unspecified atom stereocenters. The SMILES string of the molecule is CCCCCCCCC(CCCCCC)C(=O)OCCCCCCN(CCO)CCCCOC(=O)C(CCCCCC)CCCCCCCC. The number of hydrogen-bond donors (Lipinski definition) is 1. The summed E-state index contributed by atoms with van der Waals surface area (Å²) >= 11 is 0.